The number of furan rings is 1. The molecule has 0 fully saturated rings. The lowest BCUT2D eigenvalue weighted by atomic mass is 10.2. The van der Waals surface area contributed by atoms with Gasteiger partial charge in [-0.05, 0) is 50.2 Å². The zero-order valence-corrected chi connectivity index (χ0v) is 17.0. The predicted molar refractivity (Wildman–Crippen MR) is 111 cm³/mol. The lowest BCUT2D eigenvalue weighted by Crippen LogP contribution is -2.21. The SMILES string of the molecule is CC(=O)Nc1cccc(NC(=O)COC(=O)c2cc(C)n(Cc3ccco3)c2C)c1. The molecule has 0 saturated carbocycles. The summed E-state index contributed by atoms with van der Waals surface area (Å²) >= 11 is 0. The van der Waals surface area contributed by atoms with Crippen molar-refractivity contribution in [1.29, 1.82) is 0 Å². The Labute approximate surface area is 173 Å². The molecule has 30 heavy (non-hydrogen) atoms. The van der Waals surface area contributed by atoms with Crippen LogP contribution in [0.3, 0.4) is 0 Å². The third-order valence-corrected chi connectivity index (χ3v) is 4.49. The van der Waals surface area contributed by atoms with Gasteiger partial charge in [0.2, 0.25) is 5.91 Å². The fourth-order valence-electron chi connectivity index (χ4n) is 3.09. The van der Waals surface area contributed by atoms with Gasteiger partial charge in [0.05, 0.1) is 18.4 Å². The molecule has 0 aliphatic rings. The van der Waals surface area contributed by atoms with Crippen molar-refractivity contribution in [2.45, 2.75) is 27.3 Å². The Morgan fingerprint density at radius 3 is 2.43 bits per heavy atom. The zero-order chi connectivity index (χ0) is 21.7. The van der Waals surface area contributed by atoms with Gasteiger partial charge in [0.1, 0.15) is 5.76 Å². The first kappa shape index (κ1) is 20.9. The van der Waals surface area contributed by atoms with Crippen molar-refractivity contribution < 1.29 is 23.5 Å². The minimum Gasteiger partial charge on any atom is -0.467 e. The molecule has 2 aromatic heterocycles. The topological polar surface area (TPSA) is 103 Å². The van der Waals surface area contributed by atoms with Crippen LogP contribution in [0.25, 0.3) is 0 Å². The van der Waals surface area contributed by atoms with Gasteiger partial charge >= 0.3 is 5.97 Å². The van der Waals surface area contributed by atoms with Gasteiger partial charge in [-0.1, -0.05) is 6.07 Å². The van der Waals surface area contributed by atoms with Crippen molar-refractivity contribution in [3.8, 4) is 0 Å². The molecule has 3 rings (SSSR count). The molecule has 2 amide bonds. The van der Waals surface area contributed by atoms with Crippen molar-refractivity contribution in [2.75, 3.05) is 17.2 Å². The number of aromatic nitrogens is 1. The maximum atomic E-state index is 12.5. The van der Waals surface area contributed by atoms with E-state index >= 15 is 0 Å². The number of carbonyl (C=O) groups excluding carboxylic acids is 3. The van der Waals surface area contributed by atoms with E-state index in [-0.39, 0.29) is 5.91 Å². The number of hydrogen-bond acceptors (Lipinski definition) is 5. The van der Waals surface area contributed by atoms with Gasteiger partial charge in [-0.3, -0.25) is 9.59 Å². The van der Waals surface area contributed by atoms with Crippen LogP contribution in [0.1, 0.15) is 34.4 Å². The summed E-state index contributed by atoms with van der Waals surface area (Å²) in [7, 11) is 0. The van der Waals surface area contributed by atoms with Gasteiger partial charge in [0.25, 0.3) is 5.91 Å². The van der Waals surface area contributed by atoms with Gasteiger partial charge in [-0.2, -0.15) is 0 Å². The summed E-state index contributed by atoms with van der Waals surface area (Å²) in [5, 5.41) is 5.27. The van der Waals surface area contributed by atoms with Crippen molar-refractivity contribution in [1.82, 2.24) is 4.57 Å². The van der Waals surface area contributed by atoms with E-state index in [0.29, 0.717) is 23.5 Å². The van der Waals surface area contributed by atoms with E-state index in [9.17, 15) is 14.4 Å². The lowest BCUT2D eigenvalue weighted by Gasteiger charge is -2.09. The quantitative estimate of drug-likeness (QED) is 0.582. The molecule has 8 heteroatoms. The first-order valence-electron chi connectivity index (χ1n) is 9.37. The maximum Gasteiger partial charge on any atom is 0.340 e. The third kappa shape index (κ3) is 5.16. The molecule has 156 valence electrons. The summed E-state index contributed by atoms with van der Waals surface area (Å²) in [6.45, 7) is 5.19. The fourth-order valence-corrected chi connectivity index (χ4v) is 3.09. The predicted octanol–water partition coefficient (Wildman–Crippen LogP) is 3.50. The van der Waals surface area contributed by atoms with Crippen LogP contribution in [0.5, 0.6) is 0 Å². The smallest absolute Gasteiger partial charge is 0.340 e. The van der Waals surface area contributed by atoms with Crippen LogP contribution in [0.15, 0.2) is 53.1 Å². The number of carbonyl (C=O) groups is 3. The van der Waals surface area contributed by atoms with Crippen molar-refractivity contribution in [3.63, 3.8) is 0 Å². The minimum absolute atomic E-state index is 0.211. The normalized spacial score (nSPS) is 10.5. The van der Waals surface area contributed by atoms with Crippen LogP contribution in [0, 0.1) is 13.8 Å². The molecule has 0 radical (unpaired) electrons. The van der Waals surface area contributed by atoms with E-state index in [1.807, 2.05) is 30.5 Å². The Bertz CT molecular complexity index is 1070. The minimum atomic E-state index is -0.573. The number of amides is 2. The Hall–Kier alpha value is -3.81. The second kappa shape index (κ2) is 9.13. The molecule has 2 N–H and O–H groups in total. The van der Waals surface area contributed by atoms with Crippen molar-refractivity contribution in [3.05, 3.63) is 71.4 Å². The molecule has 1 aromatic carbocycles. The number of esters is 1. The van der Waals surface area contributed by atoms with Gasteiger partial charge in [0, 0.05) is 29.7 Å². The van der Waals surface area contributed by atoms with Gasteiger partial charge < -0.3 is 24.4 Å². The molecular weight excluding hydrogens is 386 g/mol. The summed E-state index contributed by atoms with van der Waals surface area (Å²) in [5.41, 5.74) is 3.06. The maximum absolute atomic E-state index is 12.5. The molecule has 0 aliphatic carbocycles. The monoisotopic (exact) mass is 409 g/mol. The molecule has 8 nitrogen and oxygen atoms in total. The summed E-state index contributed by atoms with van der Waals surface area (Å²) < 4.78 is 12.5. The average molecular weight is 409 g/mol. The van der Waals surface area contributed by atoms with Crippen LogP contribution in [0.2, 0.25) is 0 Å². The summed E-state index contributed by atoms with van der Waals surface area (Å²) in [6.07, 6.45) is 1.60. The lowest BCUT2D eigenvalue weighted by molar-refractivity contribution is -0.119. The Morgan fingerprint density at radius 1 is 1.03 bits per heavy atom. The second-order valence-corrected chi connectivity index (χ2v) is 6.84. The van der Waals surface area contributed by atoms with E-state index in [4.69, 9.17) is 9.15 Å². The molecule has 0 spiro atoms. The molecule has 0 bridgehead atoms. The highest BCUT2D eigenvalue weighted by Gasteiger charge is 2.18. The molecule has 0 atom stereocenters. The number of rotatable bonds is 7. The summed E-state index contributed by atoms with van der Waals surface area (Å²) in [5.74, 6) is -0.488. The number of benzene rings is 1. The van der Waals surface area contributed by atoms with Crippen LogP contribution in [0.4, 0.5) is 11.4 Å². The Kier molecular flexibility index (Phi) is 6.36. The number of anilines is 2. The first-order valence-corrected chi connectivity index (χ1v) is 9.37. The standard InChI is InChI=1S/C22H23N3O5/c1-14-10-20(15(2)25(14)12-19-8-5-9-29-19)22(28)30-13-21(27)24-18-7-4-6-17(11-18)23-16(3)26/h4-11H,12-13H2,1-3H3,(H,23,26)(H,24,27). The highest BCUT2D eigenvalue weighted by Crippen LogP contribution is 2.19. The summed E-state index contributed by atoms with van der Waals surface area (Å²) in [4.78, 5) is 35.8. The largest absolute Gasteiger partial charge is 0.467 e. The van der Waals surface area contributed by atoms with Gasteiger partial charge in [0.15, 0.2) is 6.61 Å². The van der Waals surface area contributed by atoms with E-state index in [1.165, 1.54) is 6.92 Å². The molecule has 0 aliphatic heterocycles. The van der Waals surface area contributed by atoms with E-state index in [0.717, 1.165) is 17.1 Å². The van der Waals surface area contributed by atoms with E-state index in [1.54, 1.807) is 36.6 Å². The molecule has 3 aromatic rings. The second-order valence-electron chi connectivity index (χ2n) is 6.84. The first-order chi connectivity index (χ1) is 14.3. The number of ether oxygens (including phenoxy) is 1. The highest BCUT2D eigenvalue weighted by atomic mass is 16.5. The Balaban J connectivity index is 1.59. The number of hydrogen-bond donors (Lipinski definition) is 2. The van der Waals surface area contributed by atoms with Crippen LogP contribution < -0.4 is 10.6 Å². The van der Waals surface area contributed by atoms with Crippen molar-refractivity contribution >= 4 is 29.2 Å². The number of nitrogens with zero attached hydrogens (tertiary/aromatic N) is 1. The highest BCUT2D eigenvalue weighted by molar-refractivity contribution is 5.97. The van der Waals surface area contributed by atoms with Gasteiger partial charge in [-0.15, -0.1) is 0 Å². The molecule has 0 saturated heterocycles. The molecular formula is C22H23N3O5. The Morgan fingerprint density at radius 2 is 1.77 bits per heavy atom. The zero-order valence-electron chi connectivity index (χ0n) is 17.0. The number of nitrogens with one attached hydrogen (secondary N) is 2. The van der Waals surface area contributed by atoms with Crippen LogP contribution >= 0.6 is 0 Å². The van der Waals surface area contributed by atoms with Crippen molar-refractivity contribution in [2.24, 2.45) is 0 Å². The van der Waals surface area contributed by atoms with Crippen LogP contribution in [-0.4, -0.2) is 29.0 Å². The van der Waals surface area contributed by atoms with E-state index < -0.39 is 18.5 Å². The van der Waals surface area contributed by atoms with E-state index in [2.05, 4.69) is 10.6 Å². The average Bonchev–Trinajstić information content (AvgIpc) is 3.30. The third-order valence-electron chi connectivity index (χ3n) is 4.49. The fraction of sp³-hybridized carbons (Fsp3) is 0.227. The molecule has 2 heterocycles. The molecule has 0 unspecified atom stereocenters. The summed E-state index contributed by atoms with van der Waals surface area (Å²) in [6, 6.07) is 12.1. The van der Waals surface area contributed by atoms with Gasteiger partial charge in [-0.25, -0.2) is 4.79 Å². The number of aryl methyl sites for hydroxylation is 1. The van der Waals surface area contributed by atoms with Crippen LogP contribution in [-0.2, 0) is 20.9 Å².